The number of carbonyl (C=O) groups excluding carboxylic acids is 1. The molecule has 170 valence electrons. The summed E-state index contributed by atoms with van der Waals surface area (Å²) < 4.78 is 29.0. The average Bonchev–Trinajstić information content (AvgIpc) is 3.52. The van der Waals surface area contributed by atoms with Gasteiger partial charge in [-0.3, -0.25) is 4.79 Å². The van der Waals surface area contributed by atoms with Gasteiger partial charge in [-0.2, -0.15) is 4.31 Å². The number of sulfonamides is 1. The molecule has 32 heavy (non-hydrogen) atoms. The van der Waals surface area contributed by atoms with Gasteiger partial charge in [-0.15, -0.1) is 0 Å². The van der Waals surface area contributed by atoms with Crippen molar-refractivity contribution in [2.24, 2.45) is 17.8 Å². The van der Waals surface area contributed by atoms with Crippen molar-refractivity contribution in [1.82, 2.24) is 4.31 Å². The molecule has 2 bridgehead atoms. The van der Waals surface area contributed by atoms with Gasteiger partial charge in [0.15, 0.2) is 0 Å². The number of benzene rings is 2. The van der Waals surface area contributed by atoms with E-state index in [-0.39, 0.29) is 23.4 Å². The van der Waals surface area contributed by atoms with E-state index in [1.807, 2.05) is 31.2 Å². The molecule has 7 heteroatoms. The summed E-state index contributed by atoms with van der Waals surface area (Å²) in [7, 11) is -3.85. The number of hydrogen-bond acceptors (Lipinski definition) is 3. The fourth-order valence-corrected chi connectivity index (χ4v) is 7.86. The van der Waals surface area contributed by atoms with Crippen LogP contribution >= 0.6 is 11.6 Å². The fourth-order valence-electron chi connectivity index (χ4n) is 6.10. The van der Waals surface area contributed by atoms with Gasteiger partial charge >= 0.3 is 0 Å². The molecule has 2 aromatic carbocycles. The van der Waals surface area contributed by atoms with Crippen LogP contribution in [0.4, 0.5) is 5.69 Å². The Hall–Kier alpha value is -1.89. The quantitative estimate of drug-likeness (QED) is 0.609. The van der Waals surface area contributed by atoms with E-state index in [0.29, 0.717) is 29.3 Å². The van der Waals surface area contributed by atoms with Gasteiger partial charge in [-0.1, -0.05) is 36.2 Å². The number of carbonyl (C=O) groups is 1. The highest BCUT2D eigenvalue weighted by atomic mass is 35.5. The first-order chi connectivity index (χ1) is 15.3. The fraction of sp³-hybridized carbons (Fsp3) is 0.480. The summed E-state index contributed by atoms with van der Waals surface area (Å²) in [5.41, 5.74) is 2.03. The van der Waals surface area contributed by atoms with Crippen molar-refractivity contribution < 1.29 is 13.2 Å². The smallest absolute Gasteiger partial charge is 0.243 e. The second-order valence-corrected chi connectivity index (χ2v) is 11.8. The van der Waals surface area contributed by atoms with E-state index in [9.17, 15) is 13.2 Å². The van der Waals surface area contributed by atoms with E-state index in [0.717, 1.165) is 24.1 Å². The van der Waals surface area contributed by atoms with Crippen LogP contribution in [0.3, 0.4) is 0 Å². The highest BCUT2D eigenvalue weighted by molar-refractivity contribution is 7.89. The Morgan fingerprint density at radius 1 is 1.12 bits per heavy atom. The molecule has 5 nitrogen and oxygen atoms in total. The van der Waals surface area contributed by atoms with Gasteiger partial charge in [0.05, 0.1) is 11.4 Å². The molecule has 0 saturated heterocycles. The van der Waals surface area contributed by atoms with E-state index in [1.54, 1.807) is 17.0 Å². The zero-order valence-electron chi connectivity index (χ0n) is 18.3. The van der Waals surface area contributed by atoms with Crippen molar-refractivity contribution >= 4 is 33.2 Å². The molecule has 4 unspecified atom stereocenters. The lowest BCUT2D eigenvalue weighted by atomic mass is 9.84. The summed E-state index contributed by atoms with van der Waals surface area (Å²) in [5, 5.41) is 0.487. The summed E-state index contributed by atoms with van der Waals surface area (Å²) in [5.74, 6) is 1.39. The first-order valence-corrected chi connectivity index (χ1v) is 13.3. The number of amides is 1. The maximum atomic E-state index is 13.8. The highest BCUT2D eigenvalue weighted by Gasteiger charge is 2.46. The number of hydrogen-bond donors (Lipinski definition) is 0. The van der Waals surface area contributed by atoms with E-state index in [4.69, 9.17) is 11.6 Å². The largest absolute Gasteiger partial charge is 0.311 e. The molecule has 0 aromatic heterocycles. The second-order valence-electron chi connectivity index (χ2n) is 9.51. The number of halogens is 1. The number of nitrogens with zero attached hydrogens (tertiary/aromatic N) is 2. The van der Waals surface area contributed by atoms with Crippen LogP contribution in [0, 0.1) is 17.8 Å². The Morgan fingerprint density at radius 3 is 2.56 bits per heavy atom. The van der Waals surface area contributed by atoms with Gasteiger partial charge < -0.3 is 4.90 Å². The van der Waals surface area contributed by atoms with Crippen molar-refractivity contribution in [3.05, 3.63) is 59.1 Å². The number of fused-ring (bicyclic) bond motifs is 3. The third-order valence-electron chi connectivity index (χ3n) is 7.77. The summed E-state index contributed by atoms with van der Waals surface area (Å²) >= 11 is 6.00. The molecular weight excluding hydrogens is 444 g/mol. The maximum Gasteiger partial charge on any atom is 0.243 e. The van der Waals surface area contributed by atoms with Crippen molar-refractivity contribution in [3.63, 3.8) is 0 Å². The minimum atomic E-state index is -3.85. The van der Waals surface area contributed by atoms with Crippen LogP contribution in [0.5, 0.6) is 0 Å². The van der Waals surface area contributed by atoms with Gasteiger partial charge in [-0.05, 0) is 86.3 Å². The summed E-state index contributed by atoms with van der Waals surface area (Å²) in [6.45, 7) is 2.44. The van der Waals surface area contributed by atoms with Gasteiger partial charge in [-0.25, -0.2) is 8.42 Å². The van der Waals surface area contributed by atoms with Gasteiger partial charge in [0.25, 0.3) is 0 Å². The zero-order chi connectivity index (χ0) is 22.5. The Bertz CT molecular complexity index is 1120. The van der Waals surface area contributed by atoms with E-state index < -0.39 is 10.0 Å². The topological polar surface area (TPSA) is 57.7 Å². The molecule has 1 amide bonds. The van der Waals surface area contributed by atoms with Crippen molar-refractivity contribution in [2.75, 3.05) is 18.0 Å². The Morgan fingerprint density at radius 2 is 1.88 bits per heavy atom. The monoisotopic (exact) mass is 472 g/mol. The van der Waals surface area contributed by atoms with Crippen molar-refractivity contribution in [1.29, 1.82) is 0 Å². The highest BCUT2D eigenvalue weighted by Crippen LogP contribution is 2.50. The van der Waals surface area contributed by atoms with Crippen LogP contribution in [-0.2, 0) is 21.2 Å². The van der Waals surface area contributed by atoms with Crippen LogP contribution in [0.15, 0.2) is 53.4 Å². The predicted octanol–water partition coefficient (Wildman–Crippen LogP) is 4.74. The molecule has 4 atom stereocenters. The number of para-hydroxylation sites is 1. The summed E-state index contributed by atoms with van der Waals surface area (Å²) in [4.78, 5) is 15.4. The lowest BCUT2D eigenvalue weighted by Crippen LogP contribution is -2.49. The van der Waals surface area contributed by atoms with E-state index >= 15 is 0 Å². The van der Waals surface area contributed by atoms with E-state index in [1.165, 1.54) is 35.7 Å². The lowest BCUT2D eigenvalue weighted by Gasteiger charge is -2.36. The predicted molar refractivity (Wildman–Crippen MR) is 126 cm³/mol. The van der Waals surface area contributed by atoms with Gasteiger partial charge in [0.1, 0.15) is 0 Å². The van der Waals surface area contributed by atoms with Crippen molar-refractivity contribution in [3.8, 4) is 0 Å². The molecule has 2 aromatic rings. The minimum absolute atomic E-state index is 0.144. The van der Waals surface area contributed by atoms with Crippen molar-refractivity contribution in [2.45, 2.75) is 50.0 Å². The minimum Gasteiger partial charge on any atom is -0.311 e. The summed E-state index contributed by atoms with van der Waals surface area (Å²) in [6, 6.07) is 13.9. The lowest BCUT2D eigenvalue weighted by molar-refractivity contribution is -0.119. The maximum absolute atomic E-state index is 13.8. The molecule has 3 aliphatic rings. The van der Waals surface area contributed by atoms with Crippen LogP contribution in [0.25, 0.3) is 0 Å². The first-order valence-electron chi connectivity index (χ1n) is 11.5. The molecule has 1 aliphatic heterocycles. The molecule has 0 radical (unpaired) electrons. The molecule has 0 spiro atoms. The molecule has 1 heterocycles. The van der Waals surface area contributed by atoms with Gasteiger partial charge in [0, 0.05) is 23.3 Å². The van der Waals surface area contributed by atoms with Crippen LogP contribution in [0.2, 0.25) is 5.02 Å². The molecular formula is C25H29ClN2O3S. The Balaban J connectivity index is 1.45. The number of rotatable bonds is 6. The molecule has 5 rings (SSSR count). The molecule has 0 N–H and O–H groups in total. The standard InChI is InChI=1S/C25H29ClN2O3S/c1-17(23-15-18-6-7-20(23)14-18)28(32(30,31)22-10-8-21(26)9-11-22)16-25(29)27-13-12-19-4-2-3-5-24(19)27/h2-5,8-11,17-18,20,23H,6-7,12-16H2,1H3. The molecule has 2 aliphatic carbocycles. The number of anilines is 1. The third kappa shape index (κ3) is 3.87. The average molecular weight is 473 g/mol. The molecule has 2 fully saturated rings. The summed E-state index contributed by atoms with van der Waals surface area (Å²) in [6.07, 6.45) is 5.47. The van der Waals surface area contributed by atoms with Gasteiger partial charge in [0.2, 0.25) is 15.9 Å². The first kappa shape index (κ1) is 21.9. The van der Waals surface area contributed by atoms with Crippen LogP contribution in [-0.4, -0.2) is 37.8 Å². The zero-order valence-corrected chi connectivity index (χ0v) is 19.9. The normalized spacial score (nSPS) is 25.3. The Labute approximate surface area is 195 Å². The van der Waals surface area contributed by atoms with Crippen LogP contribution in [0.1, 0.15) is 38.2 Å². The third-order valence-corrected chi connectivity index (χ3v) is 9.97. The van der Waals surface area contributed by atoms with Crippen LogP contribution < -0.4 is 4.90 Å². The SMILES string of the molecule is CC(C1CC2CCC1C2)N(CC(=O)N1CCc2ccccc21)S(=O)(=O)c1ccc(Cl)cc1. The second kappa shape index (κ2) is 8.47. The molecule has 2 saturated carbocycles. The van der Waals surface area contributed by atoms with E-state index in [2.05, 4.69) is 0 Å². The Kier molecular flexibility index (Phi) is 5.81.